The molecule has 1 aromatic heterocycles. The molecule has 4 rings (SSSR count). The van der Waals surface area contributed by atoms with Crippen LogP contribution in [0.3, 0.4) is 0 Å². The van der Waals surface area contributed by atoms with Crippen LogP contribution in [-0.2, 0) is 4.79 Å². The first-order valence-electron chi connectivity index (χ1n) is 10.1. The zero-order valence-corrected chi connectivity index (χ0v) is 17.1. The Bertz CT molecular complexity index is 856. The number of ketones is 1. The van der Waals surface area contributed by atoms with Crippen molar-refractivity contribution in [3.05, 3.63) is 35.7 Å². The summed E-state index contributed by atoms with van der Waals surface area (Å²) in [5.74, 6) is 1.50. The highest BCUT2D eigenvalue weighted by Crippen LogP contribution is 2.32. The van der Waals surface area contributed by atoms with Gasteiger partial charge in [0.05, 0.1) is 5.75 Å². The minimum Gasteiger partial charge on any atom is -0.312 e. The molecule has 6 nitrogen and oxygen atoms in total. The fourth-order valence-corrected chi connectivity index (χ4v) is 5.12. The van der Waals surface area contributed by atoms with Crippen LogP contribution in [0.1, 0.15) is 67.2 Å². The van der Waals surface area contributed by atoms with E-state index in [0.717, 1.165) is 42.5 Å². The second kappa shape index (κ2) is 8.47. The van der Waals surface area contributed by atoms with Crippen molar-refractivity contribution in [2.75, 3.05) is 17.2 Å². The lowest BCUT2D eigenvalue weighted by Gasteiger charge is -2.24. The molecule has 0 atom stereocenters. The molecule has 0 N–H and O–H groups in total. The molecule has 0 radical (unpaired) electrons. The number of aryl methyl sites for hydroxylation is 1. The molecule has 0 bridgehead atoms. The number of nitrogens with zero attached hydrogens (tertiary/aromatic N) is 4. The lowest BCUT2D eigenvalue weighted by Crippen LogP contribution is -2.23. The summed E-state index contributed by atoms with van der Waals surface area (Å²) < 4.78 is 2.22. The van der Waals surface area contributed by atoms with Gasteiger partial charge in [-0.2, -0.15) is 0 Å². The number of carbonyl (C=O) groups excluding carboxylic acids is 2. The van der Waals surface area contributed by atoms with Gasteiger partial charge in [-0.15, -0.1) is 10.2 Å². The van der Waals surface area contributed by atoms with Crippen LogP contribution >= 0.6 is 11.8 Å². The van der Waals surface area contributed by atoms with E-state index < -0.39 is 0 Å². The smallest absolute Gasteiger partial charge is 0.227 e. The Balaban J connectivity index is 1.40. The van der Waals surface area contributed by atoms with Gasteiger partial charge in [0.1, 0.15) is 5.82 Å². The molecule has 1 saturated carbocycles. The second-order valence-electron chi connectivity index (χ2n) is 7.60. The number of hydrogen-bond acceptors (Lipinski definition) is 5. The summed E-state index contributed by atoms with van der Waals surface area (Å²) in [5, 5.41) is 9.40. The summed E-state index contributed by atoms with van der Waals surface area (Å²) in [6.45, 7) is 2.75. The van der Waals surface area contributed by atoms with Crippen LogP contribution < -0.4 is 4.90 Å². The molecule has 0 spiro atoms. The third kappa shape index (κ3) is 3.99. The highest BCUT2D eigenvalue weighted by Gasteiger charge is 2.23. The quantitative estimate of drug-likeness (QED) is 0.539. The van der Waals surface area contributed by atoms with Crippen LogP contribution in [0.15, 0.2) is 29.4 Å². The molecule has 2 aromatic rings. The number of carbonyl (C=O) groups is 2. The topological polar surface area (TPSA) is 68.1 Å². The van der Waals surface area contributed by atoms with Gasteiger partial charge in [0.25, 0.3) is 0 Å². The van der Waals surface area contributed by atoms with Crippen molar-refractivity contribution in [1.29, 1.82) is 0 Å². The van der Waals surface area contributed by atoms with E-state index in [1.807, 2.05) is 31.2 Å². The minimum atomic E-state index is 0.0696. The Hall–Kier alpha value is -2.15. The van der Waals surface area contributed by atoms with Crippen LogP contribution in [0, 0.1) is 6.92 Å². The minimum absolute atomic E-state index is 0.0696. The summed E-state index contributed by atoms with van der Waals surface area (Å²) in [7, 11) is 0. The van der Waals surface area contributed by atoms with Crippen molar-refractivity contribution in [1.82, 2.24) is 14.8 Å². The molecule has 28 heavy (non-hydrogen) atoms. The van der Waals surface area contributed by atoms with Gasteiger partial charge >= 0.3 is 0 Å². The first kappa shape index (κ1) is 19.2. The lowest BCUT2D eigenvalue weighted by molar-refractivity contribution is -0.117. The molecule has 2 aliphatic rings. The van der Waals surface area contributed by atoms with E-state index in [-0.39, 0.29) is 11.7 Å². The Labute approximate surface area is 169 Å². The van der Waals surface area contributed by atoms with Crippen molar-refractivity contribution in [2.24, 2.45) is 0 Å². The second-order valence-corrected chi connectivity index (χ2v) is 8.54. The maximum atomic E-state index is 12.7. The Morgan fingerprint density at radius 3 is 2.54 bits per heavy atom. The Kier molecular flexibility index (Phi) is 5.80. The van der Waals surface area contributed by atoms with Crippen LogP contribution in [0.5, 0.6) is 0 Å². The number of thioether (sulfide) groups is 1. The van der Waals surface area contributed by atoms with Crippen LogP contribution in [-0.4, -0.2) is 38.8 Å². The van der Waals surface area contributed by atoms with E-state index in [1.54, 1.807) is 4.90 Å². The maximum absolute atomic E-state index is 12.7. The van der Waals surface area contributed by atoms with Gasteiger partial charge in [-0.1, -0.05) is 31.0 Å². The first-order valence-corrected chi connectivity index (χ1v) is 11.1. The number of rotatable bonds is 6. The largest absolute Gasteiger partial charge is 0.312 e. The predicted molar refractivity (Wildman–Crippen MR) is 110 cm³/mol. The van der Waals surface area contributed by atoms with Crippen molar-refractivity contribution in [2.45, 2.75) is 63.1 Å². The molecule has 1 aliphatic carbocycles. The summed E-state index contributed by atoms with van der Waals surface area (Å²) in [6.07, 6.45) is 7.63. The van der Waals surface area contributed by atoms with Gasteiger partial charge in [0.2, 0.25) is 5.91 Å². The van der Waals surface area contributed by atoms with Crippen LogP contribution in [0.4, 0.5) is 5.69 Å². The zero-order valence-electron chi connectivity index (χ0n) is 16.3. The number of anilines is 1. The molecule has 148 valence electrons. The number of hydrogen-bond donors (Lipinski definition) is 0. The standard InChI is InChI=1S/C21H26N4O2S/c1-15-22-23-21(25(15)18-6-3-2-4-7-18)28-14-19(26)16-9-11-17(12-10-16)24-13-5-8-20(24)27/h9-12,18H,2-8,13-14H2,1H3. The molecular formula is C21H26N4O2S. The van der Waals surface area contributed by atoms with Gasteiger partial charge in [0.15, 0.2) is 10.9 Å². The summed E-state index contributed by atoms with van der Waals surface area (Å²) >= 11 is 1.47. The van der Waals surface area contributed by atoms with E-state index >= 15 is 0 Å². The Morgan fingerprint density at radius 2 is 1.86 bits per heavy atom. The van der Waals surface area contributed by atoms with Crippen molar-refractivity contribution < 1.29 is 9.59 Å². The first-order chi connectivity index (χ1) is 13.6. The number of benzene rings is 1. The van der Waals surface area contributed by atoms with E-state index in [0.29, 0.717) is 23.8 Å². The fourth-order valence-electron chi connectivity index (χ4n) is 4.17. The van der Waals surface area contributed by atoms with Gasteiger partial charge in [-0.3, -0.25) is 9.59 Å². The van der Waals surface area contributed by atoms with Gasteiger partial charge in [0, 0.05) is 30.3 Å². The van der Waals surface area contributed by atoms with Gasteiger partial charge in [-0.25, -0.2) is 0 Å². The van der Waals surface area contributed by atoms with Crippen molar-refractivity contribution in [3.8, 4) is 0 Å². The zero-order chi connectivity index (χ0) is 19.5. The van der Waals surface area contributed by atoms with E-state index in [9.17, 15) is 9.59 Å². The molecule has 2 fully saturated rings. The predicted octanol–water partition coefficient (Wildman–Crippen LogP) is 4.19. The van der Waals surface area contributed by atoms with E-state index in [4.69, 9.17) is 0 Å². The highest BCUT2D eigenvalue weighted by atomic mass is 32.2. The average molecular weight is 399 g/mol. The number of Topliss-reactive ketones (excluding diaryl/α,β-unsaturated/α-hetero) is 1. The van der Waals surface area contributed by atoms with E-state index in [1.165, 1.54) is 31.0 Å². The molecule has 1 aromatic carbocycles. The van der Waals surface area contributed by atoms with E-state index in [2.05, 4.69) is 14.8 Å². The SMILES string of the molecule is Cc1nnc(SCC(=O)c2ccc(N3CCCC3=O)cc2)n1C1CCCCC1. The Morgan fingerprint density at radius 1 is 1.11 bits per heavy atom. The summed E-state index contributed by atoms with van der Waals surface area (Å²) in [4.78, 5) is 26.3. The molecule has 7 heteroatoms. The lowest BCUT2D eigenvalue weighted by atomic mass is 9.95. The normalized spacial score (nSPS) is 18.0. The average Bonchev–Trinajstić information content (AvgIpc) is 3.32. The van der Waals surface area contributed by atoms with Crippen LogP contribution in [0.25, 0.3) is 0 Å². The molecule has 0 unspecified atom stereocenters. The third-order valence-corrected chi connectivity index (χ3v) is 6.62. The highest BCUT2D eigenvalue weighted by molar-refractivity contribution is 7.99. The van der Waals surface area contributed by atoms with Crippen molar-refractivity contribution >= 4 is 29.1 Å². The molecular weight excluding hydrogens is 372 g/mol. The monoisotopic (exact) mass is 398 g/mol. The molecule has 1 saturated heterocycles. The summed E-state index contributed by atoms with van der Waals surface area (Å²) in [5.41, 5.74) is 1.54. The molecule has 1 amide bonds. The molecule has 2 heterocycles. The van der Waals surface area contributed by atoms with Gasteiger partial charge < -0.3 is 9.47 Å². The van der Waals surface area contributed by atoms with Crippen LogP contribution in [0.2, 0.25) is 0 Å². The maximum Gasteiger partial charge on any atom is 0.227 e. The third-order valence-electron chi connectivity index (χ3n) is 5.68. The van der Waals surface area contributed by atoms with Gasteiger partial charge in [-0.05, 0) is 50.5 Å². The number of aromatic nitrogens is 3. The summed E-state index contributed by atoms with van der Waals surface area (Å²) in [6, 6.07) is 7.84. The number of amides is 1. The van der Waals surface area contributed by atoms with Crippen molar-refractivity contribution in [3.63, 3.8) is 0 Å². The fraction of sp³-hybridized carbons (Fsp3) is 0.524. The molecule has 1 aliphatic heterocycles.